The lowest BCUT2D eigenvalue weighted by atomic mass is 10.2. The molecule has 0 saturated carbocycles. The second-order valence-corrected chi connectivity index (χ2v) is 6.76. The molecule has 5 heteroatoms. The van der Waals surface area contributed by atoms with Gasteiger partial charge in [-0.15, -0.1) is 0 Å². The van der Waals surface area contributed by atoms with Gasteiger partial charge in [-0.05, 0) is 35.5 Å². The molecule has 0 radical (unpaired) electrons. The number of rotatable bonds is 8. The lowest BCUT2D eigenvalue weighted by molar-refractivity contribution is -0.857. The summed E-state index contributed by atoms with van der Waals surface area (Å²) in [4.78, 5) is 3.65. The van der Waals surface area contributed by atoms with E-state index in [9.17, 15) is 0 Å². The van der Waals surface area contributed by atoms with E-state index in [2.05, 4.69) is 60.7 Å². The molecule has 0 spiro atoms. The van der Waals surface area contributed by atoms with Gasteiger partial charge in [0.05, 0.1) is 34.3 Å². The van der Waals surface area contributed by atoms with E-state index in [1.54, 1.807) is 7.11 Å². The van der Waals surface area contributed by atoms with Gasteiger partial charge >= 0.3 is 0 Å². The minimum Gasteiger partial charge on any atom is -0.497 e. The highest BCUT2D eigenvalue weighted by Gasteiger charge is 2.12. The zero-order valence-electron chi connectivity index (χ0n) is 15.3. The van der Waals surface area contributed by atoms with Crippen LogP contribution in [-0.2, 0) is 13.1 Å². The van der Waals surface area contributed by atoms with E-state index >= 15 is 0 Å². The predicted octanol–water partition coefficient (Wildman–Crippen LogP) is 1.72. The van der Waals surface area contributed by atoms with E-state index < -0.39 is 0 Å². The molecule has 0 unspecified atom stereocenters. The van der Waals surface area contributed by atoms with Crippen molar-refractivity contribution in [1.82, 2.24) is 10.2 Å². The number of hydrogen-bond donors (Lipinski definition) is 2. The number of benzene rings is 2. The first-order chi connectivity index (χ1) is 12.1. The molecule has 2 aromatic carbocycles. The molecular formula is C20H28N3OS+. The number of thiocarbonyl (C=S) groups is 1. The quantitative estimate of drug-likeness (QED) is 0.703. The Morgan fingerprint density at radius 1 is 1.04 bits per heavy atom. The van der Waals surface area contributed by atoms with Gasteiger partial charge in [-0.2, -0.15) is 0 Å². The standard InChI is InChI=1S/C20H27N3OS/c1-22(2)13-14-23(16-18-7-5-4-6-8-18)20(25)21-15-17-9-11-19(24-3)12-10-17/h4-12H,13-16H2,1-3H3,(H,21,25)/p+1. The third-order valence-corrected chi connectivity index (χ3v) is 4.39. The van der Waals surface area contributed by atoms with E-state index in [1.165, 1.54) is 16.0 Å². The van der Waals surface area contributed by atoms with Gasteiger partial charge < -0.3 is 19.9 Å². The molecule has 0 bridgehead atoms. The summed E-state index contributed by atoms with van der Waals surface area (Å²) in [7, 11) is 6.00. The number of hydrogen-bond acceptors (Lipinski definition) is 2. The number of nitrogens with one attached hydrogen (secondary N) is 2. The largest absolute Gasteiger partial charge is 0.497 e. The number of methoxy groups -OCH3 is 1. The van der Waals surface area contributed by atoms with Crippen LogP contribution in [0.3, 0.4) is 0 Å². The number of quaternary nitrogens is 1. The summed E-state index contributed by atoms with van der Waals surface area (Å²) in [5.41, 5.74) is 2.45. The fraction of sp³-hybridized carbons (Fsp3) is 0.350. The Balaban J connectivity index is 1.95. The maximum atomic E-state index is 5.66. The molecule has 0 saturated heterocycles. The Labute approximate surface area is 156 Å². The topological polar surface area (TPSA) is 28.9 Å². The summed E-state index contributed by atoms with van der Waals surface area (Å²) in [5.74, 6) is 0.867. The molecule has 0 heterocycles. The average Bonchev–Trinajstić information content (AvgIpc) is 2.64. The highest BCUT2D eigenvalue weighted by molar-refractivity contribution is 7.80. The summed E-state index contributed by atoms with van der Waals surface area (Å²) in [6.07, 6.45) is 0. The summed E-state index contributed by atoms with van der Waals surface area (Å²) < 4.78 is 5.20. The number of ether oxygens (including phenoxy) is 1. The zero-order valence-corrected chi connectivity index (χ0v) is 16.1. The summed E-state index contributed by atoms with van der Waals surface area (Å²) in [6.45, 7) is 3.49. The molecule has 0 aliphatic carbocycles. The van der Waals surface area contributed by atoms with Crippen LogP contribution in [0.25, 0.3) is 0 Å². The van der Waals surface area contributed by atoms with Crippen LogP contribution in [0.5, 0.6) is 5.75 Å². The van der Waals surface area contributed by atoms with Crippen molar-refractivity contribution in [3.63, 3.8) is 0 Å². The van der Waals surface area contributed by atoms with E-state index in [4.69, 9.17) is 17.0 Å². The Morgan fingerprint density at radius 3 is 2.32 bits per heavy atom. The van der Waals surface area contributed by atoms with Crippen LogP contribution < -0.4 is 15.0 Å². The van der Waals surface area contributed by atoms with Gasteiger partial charge in [0.1, 0.15) is 5.75 Å². The van der Waals surface area contributed by atoms with Crippen LogP contribution in [0.2, 0.25) is 0 Å². The maximum Gasteiger partial charge on any atom is 0.169 e. The Kier molecular flexibility index (Phi) is 7.70. The number of likely N-dealkylation sites (N-methyl/N-ethyl adjacent to an activating group) is 1. The zero-order chi connectivity index (χ0) is 18.1. The lowest BCUT2D eigenvalue weighted by Crippen LogP contribution is -3.06. The second kappa shape index (κ2) is 10.0. The third-order valence-electron chi connectivity index (χ3n) is 3.99. The van der Waals surface area contributed by atoms with Crippen LogP contribution in [0.4, 0.5) is 0 Å². The highest BCUT2D eigenvalue weighted by Crippen LogP contribution is 2.11. The monoisotopic (exact) mass is 358 g/mol. The third kappa shape index (κ3) is 6.72. The molecule has 2 N–H and O–H groups in total. The Bertz CT molecular complexity index is 644. The molecule has 25 heavy (non-hydrogen) atoms. The van der Waals surface area contributed by atoms with Crippen molar-refractivity contribution in [3.8, 4) is 5.75 Å². The molecule has 0 aliphatic rings. The molecule has 0 amide bonds. The van der Waals surface area contributed by atoms with Gasteiger partial charge in [0.25, 0.3) is 0 Å². The Morgan fingerprint density at radius 2 is 1.72 bits per heavy atom. The van der Waals surface area contributed by atoms with Gasteiger partial charge in [-0.1, -0.05) is 42.5 Å². The summed E-state index contributed by atoms with van der Waals surface area (Å²) in [6, 6.07) is 18.5. The first-order valence-electron chi connectivity index (χ1n) is 8.57. The summed E-state index contributed by atoms with van der Waals surface area (Å²) in [5, 5.41) is 4.18. The van der Waals surface area contributed by atoms with Gasteiger partial charge in [0.15, 0.2) is 5.11 Å². The van der Waals surface area contributed by atoms with Crippen molar-refractivity contribution in [1.29, 1.82) is 0 Å². The van der Waals surface area contributed by atoms with Crippen molar-refractivity contribution < 1.29 is 9.64 Å². The molecular weight excluding hydrogens is 330 g/mol. The molecule has 0 fully saturated rings. The average molecular weight is 359 g/mol. The normalized spacial score (nSPS) is 10.6. The first-order valence-corrected chi connectivity index (χ1v) is 8.98. The molecule has 134 valence electrons. The second-order valence-electron chi connectivity index (χ2n) is 6.37. The smallest absolute Gasteiger partial charge is 0.169 e. The first kappa shape index (κ1) is 19.2. The fourth-order valence-electron chi connectivity index (χ4n) is 2.45. The molecule has 0 aromatic heterocycles. The fourth-order valence-corrected chi connectivity index (χ4v) is 2.68. The number of nitrogens with zero attached hydrogens (tertiary/aromatic N) is 1. The SMILES string of the molecule is COc1ccc(CNC(=S)N(CC[NH+](C)C)Cc2ccccc2)cc1. The molecule has 2 aromatic rings. The van der Waals surface area contributed by atoms with Crippen LogP contribution in [0.1, 0.15) is 11.1 Å². The summed E-state index contributed by atoms with van der Waals surface area (Å²) >= 11 is 5.66. The van der Waals surface area contributed by atoms with Crippen LogP contribution >= 0.6 is 12.2 Å². The van der Waals surface area contributed by atoms with Crippen molar-refractivity contribution in [2.24, 2.45) is 0 Å². The maximum absolute atomic E-state index is 5.66. The van der Waals surface area contributed by atoms with E-state index in [1.807, 2.05) is 18.2 Å². The van der Waals surface area contributed by atoms with Crippen molar-refractivity contribution >= 4 is 17.3 Å². The van der Waals surface area contributed by atoms with Crippen molar-refractivity contribution in [3.05, 3.63) is 65.7 Å². The molecule has 2 rings (SSSR count). The van der Waals surface area contributed by atoms with Crippen LogP contribution in [0.15, 0.2) is 54.6 Å². The highest BCUT2D eigenvalue weighted by atomic mass is 32.1. The lowest BCUT2D eigenvalue weighted by Gasteiger charge is -2.26. The van der Waals surface area contributed by atoms with Crippen molar-refractivity contribution in [2.75, 3.05) is 34.3 Å². The van der Waals surface area contributed by atoms with E-state index in [-0.39, 0.29) is 0 Å². The Hall–Kier alpha value is -2.11. The van der Waals surface area contributed by atoms with Gasteiger partial charge in [-0.25, -0.2) is 0 Å². The van der Waals surface area contributed by atoms with Gasteiger partial charge in [0.2, 0.25) is 0 Å². The van der Waals surface area contributed by atoms with Gasteiger partial charge in [0, 0.05) is 13.1 Å². The van der Waals surface area contributed by atoms with E-state index in [0.717, 1.165) is 30.5 Å². The predicted molar refractivity (Wildman–Crippen MR) is 107 cm³/mol. The molecule has 4 nitrogen and oxygen atoms in total. The van der Waals surface area contributed by atoms with Gasteiger partial charge in [-0.3, -0.25) is 0 Å². The van der Waals surface area contributed by atoms with Crippen LogP contribution in [0, 0.1) is 0 Å². The molecule has 0 atom stereocenters. The van der Waals surface area contributed by atoms with Crippen molar-refractivity contribution in [2.45, 2.75) is 13.1 Å². The minimum absolute atomic E-state index is 0.711. The van der Waals surface area contributed by atoms with E-state index in [0.29, 0.717) is 6.54 Å². The minimum atomic E-state index is 0.711. The molecule has 0 aliphatic heterocycles. The van der Waals surface area contributed by atoms with Crippen LogP contribution in [-0.4, -0.2) is 44.3 Å².